The van der Waals surface area contributed by atoms with Crippen molar-refractivity contribution >= 4 is 5.78 Å². The van der Waals surface area contributed by atoms with Gasteiger partial charge in [-0.1, -0.05) is 30.3 Å². The Morgan fingerprint density at radius 1 is 1.16 bits per heavy atom. The lowest BCUT2D eigenvalue weighted by Crippen LogP contribution is -2.63. The summed E-state index contributed by atoms with van der Waals surface area (Å²) in [6, 6.07) is 12.4. The van der Waals surface area contributed by atoms with Crippen LogP contribution in [-0.4, -0.2) is 53.1 Å². The summed E-state index contributed by atoms with van der Waals surface area (Å²) in [4.78, 5) is 11.3. The van der Waals surface area contributed by atoms with Gasteiger partial charge < -0.3 is 24.5 Å². The van der Waals surface area contributed by atoms with Gasteiger partial charge in [-0.2, -0.15) is 0 Å². The Hall–Kier alpha value is -2.12. The summed E-state index contributed by atoms with van der Waals surface area (Å²) in [5.41, 5.74) is 2.82. The zero-order valence-corrected chi connectivity index (χ0v) is 19.2. The monoisotopic (exact) mass is 444 g/mol. The maximum absolute atomic E-state index is 13.9. The second-order valence-corrected chi connectivity index (χ2v) is 9.16. The predicted molar refractivity (Wildman–Crippen MR) is 121 cm³/mol. The first-order valence-corrected chi connectivity index (χ1v) is 11.1. The third-order valence-corrected chi connectivity index (χ3v) is 6.16. The van der Waals surface area contributed by atoms with Crippen LogP contribution in [0.5, 0.6) is 0 Å². The van der Waals surface area contributed by atoms with Crippen molar-refractivity contribution in [2.45, 2.75) is 76.5 Å². The lowest BCUT2D eigenvalue weighted by atomic mass is 9.84. The Bertz CT molecular complexity index is 942. The van der Waals surface area contributed by atoms with Crippen LogP contribution in [0.25, 0.3) is 11.1 Å². The molecule has 32 heavy (non-hydrogen) atoms. The zero-order chi connectivity index (χ0) is 23.5. The van der Waals surface area contributed by atoms with Gasteiger partial charge >= 0.3 is 0 Å². The van der Waals surface area contributed by atoms with E-state index in [9.17, 15) is 19.4 Å². The summed E-state index contributed by atoms with van der Waals surface area (Å²) in [5.74, 6) is -0.169. The molecule has 0 spiro atoms. The molecule has 2 aromatic carbocycles. The quantitative estimate of drug-likeness (QED) is 0.647. The molecule has 2 N–H and O–H groups in total. The molecule has 3 rings (SSSR count). The summed E-state index contributed by atoms with van der Waals surface area (Å²) in [6.07, 6.45) is -1.11. The Labute approximate surface area is 189 Å². The second-order valence-electron chi connectivity index (χ2n) is 9.16. The highest BCUT2D eigenvalue weighted by Gasteiger charge is 2.49. The third-order valence-electron chi connectivity index (χ3n) is 6.16. The van der Waals surface area contributed by atoms with Crippen LogP contribution in [0, 0.1) is 5.82 Å². The van der Waals surface area contributed by atoms with Crippen molar-refractivity contribution in [1.82, 2.24) is 0 Å². The molecular weight excluding hydrogens is 411 g/mol. The van der Waals surface area contributed by atoms with E-state index >= 15 is 0 Å². The van der Waals surface area contributed by atoms with Crippen molar-refractivity contribution < 1.29 is 28.9 Å². The third kappa shape index (κ3) is 5.62. The number of carbonyl (C=O) groups excluding carboxylic acids is 1. The number of benzene rings is 2. The van der Waals surface area contributed by atoms with Gasteiger partial charge in [0, 0.05) is 20.0 Å². The number of hydrogen-bond donors (Lipinski definition) is 2. The van der Waals surface area contributed by atoms with E-state index in [1.807, 2.05) is 38.1 Å². The SMILES string of the molecule is COC1C(O)C(O)C(Cc2ccc(CCCC(C)=O)c(-c3cccc(F)c3)c2)OC1(C)C. The van der Waals surface area contributed by atoms with Crippen LogP contribution in [-0.2, 0) is 27.1 Å². The first-order chi connectivity index (χ1) is 15.1. The molecule has 0 saturated carbocycles. The number of ketones is 1. The minimum atomic E-state index is -1.10. The van der Waals surface area contributed by atoms with E-state index in [-0.39, 0.29) is 11.6 Å². The summed E-state index contributed by atoms with van der Waals surface area (Å²) < 4.78 is 25.4. The normalized spacial score (nSPS) is 25.0. The number of Topliss-reactive ketones (excluding diaryl/α,β-unsaturated/α-hetero) is 1. The Morgan fingerprint density at radius 2 is 1.91 bits per heavy atom. The van der Waals surface area contributed by atoms with Crippen molar-refractivity contribution in [3.05, 3.63) is 59.4 Å². The Morgan fingerprint density at radius 3 is 2.56 bits per heavy atom. The van der Waals surface area contributed by atoms with Crippen LogP contribution in [0.4, 0.5) is 4.39 Å². The van der Waals surface area contributed by atoms with Crippen LogP contribution in [0.15, 0.2) is 42.5 Å². The molecule has 6 heteroatoms. The molecule has 0 aliphatic carbocycles. The Kier molecular flexibility index (Phi) is 7.83. The van der Waals surface area contributed by atoms with Crippen LogP contribution in [0.2, 0.25) is 0 Å². The van der Waals surface area contributed by atoms with Gasteiger partial charge in [-0.3, -0.25) is 0 Å². The molecule has 0 radical (unpaired) electrons. The predicted octanol–water partition coefficient (Wildman–Crippen LogP) is 3.86. The fourth-order valence-electron chi connectivity index (χ4n) is 4.58. The van der Waals surface area contributed by atoms with Crippen LogP contribution in [0.1, 0.15) is 44.7 Å². The average molecular weight is 445 g/mol. The van der Waals surface area contributed by atoms with E-state index in [4.69, 9.17) is 9.47 Å². The molecule has 1 saturated heterocycles. The highest BCUT2D eigenvalue weighted by Crippen LogP contribution is 2.34. The van der Waals surface area contributed by atoms with E-state index in [0.29, 0.717) is 19.3 Å². The molecule has 2 aromatic rings. The van der Waals surface area contributed by atoms with Gasteiger partial charge in [-0.05, 0) is 68.0 Å². The van der Waals surface area contributed by atoms with Crippen molar-refractivity contribution in [3.63, 3.8) is 0 Å². The topological polar surface area (TPSA) is 76.0 Å². The molecule has 1 heterocycles. The van der Waals surface area contributed by atoms with E-state index in [1.54, 1.807) is 13.0 Å². The molecule has 1 aliphatic rings. The van der Waals surface area contributed by atoms with Gasteiger partial charge in [0.25, 0.3) is 0 Å². The number of aliphatic hydroxyl groups is 2. The van der Waals surface area contributed by atoms with Crippen molar-refractivity contribution in [1.29, 1.82) is 0 Å². The van der Waals surface area contributed by atoms with Crippen molar-refractivity contribution in [3.8, 4) is 11.1 Å². The number of rotatable bonds is 8. The molecule has 5 nitrogen and oxygen atoms in total. The lowest BCUT2D eigenvalue weighted by Gasteiger charge is -2.47. The van der Waals surface area contributed by atoms with E-state index in [2.05, 4.69) is 0 Å². The molecule has 174 valence electrons. The number of methoxy groups -OCH3 is 1. The van der Waals surface area contributed by atoms with Gasteiger partial charge in [0.05, 0.1) is 11.7 Å². The second kappa shape index (κ2) is 10.2. The number of aryl methyl sites for hydroxylation is 1. The molecule has 4 unspecified atom stereocenters. The summed E-state index contributed by atoms with van der Waals surface area (Å²) in [7, 11) is 1.49. The van der Waals surface area contributed by atoms with Gasteiger partial charge in [0.15, 0.2) is 0 Å². The first-order valence-electron chi connectivity index (χ1n) is 11.1. The molecular formula is C26H33FO5. The number of aliphatic hydroxyl groups excluding tert-OH is 2. The summed E-state index contributed by atoms with van der Waals surface area (Å²) in [5, 5.41) is 21.2. The fourth-order valence-corrected chi connectivity index (χ4v) is 4.58. The minimum Gasteiger partial charge on any atom is -0.388 e. The molecule has 0 aromatic heterocycles. The minimum absolute atomic E-state index is 0.146. The van der Waals surface area contributed by atoms with E-state index in [0.717, 1.165) is 28.7 Å². The van der Waals surface area contributed by atoms with Crippen LogP contribution < -0.4 is 0 Å². The van der Waals surface area contributed by atoms with Crippen LogP contribution >= 0.6 is 0 Å². The lowest BCUT2D eigenvalue weighted by molar-refractivity contribution is -0.261. The van der Waals surface area contributed by atoms with Crippen LogP contribution in [0.3, 0.4) is 0 Å². The summed E-state index contributed by atoms with van der Waals surface area (Å²) in [6.45, 7) is 5.25. The molecule has 4 atom stereocenters. The van der Waals surface area contributed by atoms with E-state index < -0.39 is 30.0 Å². The molecule has 1 fully saturated rings. The maximum atomic E-state index is 13.9. The zero-order valence-electron chi connectivity index (χ0n) is 19.2. The first kappa shape index (κ1) is 24.5. The number of halogens is 1. The summed E-state index contributed by atoms with van der Waals surface area (Å²) >= 11 is 0. The van der Waals surface area contributed by atoms with Crippen molar-refractivity contribution in [2.75, 3.05) is 7.11 Å². The molecule has 0 amide bonds. The Balaban J connectivity index is 1.89. The highest BCUT2D eigenvalue weighted by molar-refractivity contribution is 5.75. The van der Waals surface area contributed by atoms with Gasteiger partial charge in [-0.25, -0.2) is 4.39 Å². The van der Waals surface area contributed by atoms with Gasteiger partial charge in [0.2, 0.25) is 0 Å². The fraction of sp³-hybridized carbons (Fsp3) is 0.500. The highest BCUT2D eigenvalue weighted by atomic mass is 19.1. The number of hydrogen-bond acceptors (Lipinski definition) is 5. The molecule has 0 bridgehead atoms. The smallest absolute Gasteiger partial charge is 0.129 e. The number of carbonyl (C=O) groups is 1. The van der Waals surface area contributed by atoms with Gasteiger partial charge in [-0.15, -0.1) is 0 Å². The van der Waals surface area contributed by atoms with Gasteiger partial charge in [0.1, 0.15) is 29.9 Å². The maximum Gasteiger partial charge on any atom is 0.129 e. The molecule has 1 aliphatic heterocycles. The van der Waals surface area contributed by atoms with Crippen molar-refractivity contribution in [2.24, 2.45) is 0 Å². The number of ether oxygens (including phenoxy) is 2. The standard InChI is InChI=1S/C26H33FO5/c1-16(28)7-5-8-18-12-11-17(13-21(18)19-9-6-10-20(27)15-19)14-22-23(29)24(30)25(31-4)26(2,3)32-22/h6,9-13,15,22-25,29-30H,5,7-8,14H2,1-4H3. The largest absolute Gasteiger partial charge is 0.388 e. The average Bonchev–Trinajstić information content (AvgIpc) is 2.72. The van der Waals surface area contributed by atoms with E-state index in [1.165, 1.54) is 19.2 Å².